The molecule has 0 aliphatic carbocycles. The first kappa shape index (κ1) is 13.5. The van der Waals surface area contributed by atoms with Crippen molar-refractivity contribution >= 4 is 27.5 Å². The van der Waals surface area contributed by atoms with Crippen molar-refractivity contribution in [1.82, 2.24) is 25.0 Å². The molecule has 1 amide bonds. The van der Waals surface area contributed by atoms with Gasteiger partial charge in [-0.05, 0) is 31.2 Å². The van der Waals surface area contributed by atoms with Crippen molar-refractivity contribution < 1.29 is 4.79 Å². The van der Waals surface area contributed by atoms with E-state index in [0.29, 0.717) is 17.1 Å². The number of aromatic nitrogens is 5. The van der Waals surface area contributed by atoms with Crippen LogP contribution in [0, 0.1) is 6.92 Å². The number of nitrogens with zero attached hydrogens (tertiary/aromatic N) is 4. The summed E-state index contributed by atoms with van der Waals surface area (Å²) in [4.78, 5) is 12.3. The van der Waals surface area contributed by atoms with Crippen molar-refractivity contribution in [3.63, 3.8) is 0 Å². The number of hydrogen-bond donors (Lipinski definition) is 2. The van der Waals surface area contributed by atoms with Crippen LogP contribution in [0.2, 0.25) is 0 Å². The summed E-state index contributed by atoms with van der Waals surface area (Å²) in [6, 6.07) is 7.12. The molecule has 0 aliphatic rings. The van der Waals surface area contributed by atoms with Crippen LogP contribution in [0.25, 0.3) is 5.82 Å². The molecule has 8 heteroatoms. The summed E-state index contributed by atoms with van der Waals surface area (Å²) in [6.07, 6.45) is 3.04. The number of benzene rings is 1. The van der Waals surface area contributed by atoms with Gasteiger partial charge in [0.1, 0.15) is 18.3 Å². The third-order valence-corrected chi connectivity index (χ3v) is 3.47. The number of carbonyl (C=O) groups excluding carboxylic acids is 1. The summed E-state index contributed by atoms with van der Waals surface area (Å²) >= 11 is 3.34. The van der Waals surface area contributed by atoms with Gasteiger partial charge < -0.3 is 5.32 Å². The molecule has 0 fully saturated rings. The smallest absolute Gasteiger partial charge is 0.255 e. The molecule has 2 aromatic heterocycles. The minimum absolute atomic E-state index is 0.207. The van der Waals surface area contributed by atoms with E-state index < -0.39 is 0 Å². The second-order valence-corrected chi connectivity index (χ2v) is 5.29. The van der Waals surface area contributed by atoms with E-state index in [4.69, 9.17) is 0 Å². The number of halogens is 1. The Balaban J connectivity index is 1.90. The molecule has 3 aromatic rings. The summed E-state index contributed by atoms with van der Waals surface area (Å²) in [6.45, 7) is 1.83. The molecule has 0 spiro atoms. The zero-order valence-corrected chi connectivity index (χ0v) is 12.6. The first-order valence-electron chi connectivity index (χ1n) is 6.12. The molecule has 7 nitrogen and oxygen atoms in total. The van der Waals surface area contributed by atoms with Crippen molar-refractivity contribution in [1.29, 1.82) is 0 Å². The highest BCUT2D eigenvalue weighted by molar-refractivity contribution is 9.10. The third-order valence-electron chi connectivity index (χ3n) is 2.94. The van der Waals surface area contributed by atoms with Crippen LogP contribution >= 0.6 is 15.9 Å². The summed E-state index contributed by atoms with van der Waals surface area (Å²) < 4.78 is 2.55. The number of anilines is 1. The fourth-order valence-corrected chi connectivity index (χ4v) is 2.11. The maximum Gasteiger partial charge on any atom is 0.255 e. The number of aromatic amines is 1. The minimum atomic E-state index is -0.207. The van der Waals surface area contributed by atoms with Crippen LogP contribution < -0.4 is 5.32 Å². The Morgan fingerprint density at radius 1 is 1.24 bits per heavy atom. The van der Waals surface area contributed by atoms with Crippen molar-refractivity contribution in [2.24, 2.45) is 0 Å². The van der Waals surface area contributed by atoms with Gasteiger partial charge in [0.05, 0.1) is 5.69 Å². The number of H-pyrrole nitrogens is 1. The van der Waals surface area contributed by atoms with Crippen LogP contribution in [0.5, 0.6) is 0 Å². The fourth-order valence-electron chi connectivity index (χ4n) is 1.85. The van der Waals surface area contributed by atoms with Gasteiger partial charge in [-0.25, -0.2) is 0 Å². The molecule has 0 saturated carbocycles. The zero-order chi connectivity index (χ0) is 14.8. The van der Waals surface area contributed by atoms with Crippen LogP contribution in [-0.2, 0) is 0 Å². The number of carbonyl (C=O) groups is 1. The fraction of sp³-hybridized carbons (Fsp3) is 0.0769. The average molecular weight is 347 g/mol. The maximum absolute atomic E-state index is 12.3. The van der Waals surface area contributed by atoms with Crippen molar-refractivity contribution in [2.75, 3.05) is 5.32 Å². The Morgan fingerprint density at radius 2 is 1.90 bits per heavy atom. The minimum Gasteiger partial charge on any atom is -0.317 e. The highest BCUT2D eigenvalue weighted by Crippen LogP contribution is 2.22. The lowest BCUT2D eigenvalue weighted by atomic mass is 10.2. The van der Waals surface area contributed by atoms with E-state index in [1.807, 2.05) is 19.1 Å². The second kappa shape index (κ2) is 5.49. The molecule has 21 heavy (non-hydrogen) atoms. The Labute approximate surface area is 128 Å². The first-order chi connectivity index (χ1) is 10.1. The van der Waals surface area contributed by atoms with Crippen LogP contribution in [0.3, 0.4) is 0 Å². The van der Waals surface area contributed by atoms with Gasteiger partial charge >= 0.3 is 0 Å². The van der Waals surface area contributed by atoms with E-state index in [2.05, 4.69) is 41.6 Å². The zero-order valence-electron chi connectivity index (χ0n) is 11.0. The number of hydrogen-bond acceptors (Lipinski definition) is 4. The largest absolute Gasteiger partial charge is 0.317 e. The molecule has 0 radical (unpaired) electrons. The van der Waals surface area contributed by atoms with Crippen molar-refractivity contribution in [2.45, 2.75) is 6.92 Å². The van der Waals surface area contributed by atoms with Gasteiger partial charge in [0.15, 0.2) is 5.82 Å². The van der Waals surface area contributed by atoms with E-state index >= 15 is 0 Å². The molecular formula is C13H11BrN6O. The number of nitrogens with one attached hydrogen (secondary N) is 2. The van der Waals surface area contributed by atoms with Crippen LogP contribution in [0.4, 0.5) is 5.69 Å². The average Bonchev–Trinajstić information content (AvgIpc) is 3.10. The van der Waals surface area contributed by atoms with E-state index in [9.17, 15) is 4.79 Å². The van der Waals surface area contributed by atoms with Crippen LogP contribution in [-0.4, -0.2) is 30.9 Å². The summed E-state index contributed by atoms with van der Waals surface area (Å²) in [5.74, 6) is 0.337. The predicted octanol–water partition coefficient (Wildman–Crippen LogP) is 2.31. The Kier molecular flexibility index (Phi) is 3.53. The molecule has 0 atom stereocenters. The van der Waals surface area contributed by atoms with E-state index in [1.54, 1.807) is 16.7 Å². The van der Waals surface area contributed by atoms with Gasteiger partial charge in [0.25, 0.3) is 5.91 Å². The molecule has 106 valence electrons. The van der Waals surface area contributed by atoms with Gasteiger partial charge in [-0.15, -0.1) is 10.2 Å². The molecule has 0 bridgehead atoms. The van der Waals surface area contributed by atoms with Gasteiger partial charge in [-0.3, -0.25) is 14.5 Å². The van der Waals surface area contributed by atoms with E-state index in [-0.39, 0.29) is 5.91 Å². The lowest BCUT2D eigenvalue weighted by Gasteiger charge is -2.07. The molecule has 1 aromatic carbocycles. The van der Waals surface area contributed by atoms with Gasteiger partial charge in [-0.2, -0.15) is 5.10 Å². The number of rotatable bonds is 3. The van der Waals surface area contributed by atoms with Gasteiger partial charge in [-0.1, -0.05) is 15.9 Å². The topological polar surface area (TPSA) is 88.5 Å². The summed E-state index contributed by atoms with van der Waals surface area (Å²) in [5.41, 5.74) is 1.92. The standard InChI is InChI=1S/C13H11BrN6O/c1-8-11(12(19-18-8)20-6-15-16-7-20)17-13(21)9-2-4-10(14)5-3-9/h2-7H,1H3,(H,17,21)(H,18,19). The maximum atomic E-state index is 12.3. The number of aryl methyl sites for hydroxylation is 1. The highest BCUT2D eigenvalue weighted by Gasteiger charge is 2.15. The van der Waals surface area contributed by atoms with Gasteiger partial charge in [0.2, 0.25) is 0 Å². The molecule has 0 unspecified atom stereocenters. The van der Waals surface area contributed by atoms with E-state index in [1.165, 1.54) is 12.7 Å². The quantitative estimate of drug-likeness (QED) is 0.761. The monoisotopic (exact) mass is 346 g/mol. The normalized spacial score (nSPS) is 10.6. The number of amides is 1. The summed E-state index contributed by atoms with van der Waals surface area (Å²) in [5, 5.41) is 17.3. The van der Waals surface area contributed by atoms with Crippen molar-refractivity contribution in [3.05, 3.63) is 52.7 Å². The molecule has 0 saturated heterocycles. The Hall–Kier alpha value is -2.48. The van der Waals surface area contributed by atoms with E-state index in [0.717, 1.165) is 10.2 Å². The molecule has 2 heterocycles. The lowest BCUT2D eigenvalue weighted by Crippen LogP contribution is -2.13. The van der Waals surface area contributed by atoms with Crippen LogP contribution in [0.1, 0.15) is 16.1 Å². The SMILES string of the molecule is Cc1[nH]nc(-n2cnnc2)c1NC(=O)c1ccc(Br)cc1. The molecular weight excluding hydrogens is 336 g/mol. The molecule has 0 aliphatic heterocycles. The van der Waals surface area contributed by atoms with Crippen molar-refractivity contribution in [3.8, 4) is 5.82 Å². The molecule has 3 rings (SSSR count). The Bertz CT molecular complexity index is 763. The van der Waals surface area contributed by atoms with Crippen LogP contribution in [0.15, 0.2) is 41.4 Å². The van der Waals surface area contributed by atoms with Gasteiger partial charge in [0, 0.05) is 10.0 Å². The second-order valence-electron chi connectivity index (χ2n) is 4.38. The highest BCUT2D eigenvalue weighted by atomic mass is 79.9. The third kappa shape index (κ3) is 2.70. The predicted molar refractivity (Wildman–Crippen MR) is 80.3 cm³/mol. The summed E-state index contributed by atoms with van der Waals surface area (Å²) in [7, 11) is 0. The lowest BCUT2D eigenvalue weighted by molar-refractivity contribution is 0.102. The Morgan fingerprint density at radius 3 is 2.57 bits per heavy atom. The first-order valence-corrected chi connectivity index (χ1v) is 6.91. The molecule has 2 N–H and O–H groups in total.